The van der Waals surface area contributed by atoms with Crippen LogP contribution < -0.4 is 0 Å². The van der Waals surface area contributed by atoms with Gasteiger partial charge in [0.25, 0.3) is 0 Å². The number of hydrogen-bond acceptors (Lipinski definition) is 4. The molecule has 0 unspecified atom stereocenters. The van der Waals surface area contributed by atoms with E-state index in [-0.39, 0.29) is 0 Å². The molecule has 1 aromatic heterocycles. The molecule has 0 N–H and O–H groups in total. The fraction of sp³-hybridized carbons (Fsp3) is 0.583. The fourth-order valence-electron chi connectivity index (χ4n) is 2.23. The van der Waals surface area contributed by atoms with Crippen LogP contribution in [-0.2, 0) is 9.47 Å². The third-order valence-corrected chi connectivity index (χ3v) is 2.86. The summed E-state index contributed by atoms with van der Waals surface area (Å²) in [6, 6.07) is 4.37. The minimum atomic E-state index is 0.300. The molecular weight excluding hydrogens is 204 g/mol. The number of rotatable bonds is 3. The van der Waals surface area contributed by atoms with E-state index >= 15 is 0 Å². The van der Waals surface area contributed by atoms with Gasteiger partial charge in [-0.15, -0.1) is 0 Å². The van der Waals surface area contributed by atoms with Crippen molar-refractivity contribution in [3.8, 4) is 0 Å². The Bertz CT molecular complexity index is 310. The van der Waals surface area contributed by atoms with E-state index in [1.165, 1.54) is 5.56 Å². The monoisotopic (exact) mass is 222 g/mol. The summed E-state index contributed by atoms with van der Waals surface area (Å²) in [6.45, 7) is 1.92. The summed E-state index contributed by atoms with van der Waals surface area (Å²) in [7, 11) is 4.15. The van der Waals surface area contributed by atoms with Gasteiger partial charge >= 0.3 is 0 Å². The summed E-state index contributed by atoms with van der Waals surface area (Å²) < 4.78 is 10.7. The smallest absolute Gasteiger partial charge is 0.146 e. The zero-order valence-corrected chi connectivity index (χ0v) is 9.80. The number of nitrogens with zero attached hydrogens (tertiary/aromatic N) is 2. The van der Waals surface area contributed by atoms with E-state index in [1.807, 2.05) is 12.3 Å². The summed E-state index contributed by atoms with van der Waals surface area (Å²) in [5.41, 5.74) is 1.21. The van der Waals surface area contributed by atoms with Crippen molar-refractivity contribution in [3.05, 3.63) is 30.1 Å². The predicted octanol–water partition coefficient (Wildman–Crippen LogP) is 1.30. The van der Waals surface area contributed by atoms with Gasteiger partial charge in [-0.25, -0.2) is 0 Å². The Morgan fingerprint density at radius 1 is 1.38 bits per heavy atom. The van der Waals surface area contributed by atoms with Gasteiger partial charge in [-0.3, -0.25) is 4.98 Å². The molecule has 2 rings (SSSR count). The largest absolute Gasteiger partial charge is 0.355 e. The summed E-state index contributed by atoms with van der Waals surface area (Å²) in [6.07, 6.45) is 3.71. The first-order valence-corrected chi connectivity index (χ1v) is 5.51. The molecule has 0 radical (unpaired) electrons. The second kappa shape index (κ2) is 5.39. The summed E-state index contributed by atoms with van der Waals surface area (Å²) in [4.78, 5) is 6.37. The van der Waals surface area contributed by atoms with E-state index in [9.17, 15) is 0 Å². The van der Waals surface area contributed by atoms with Crippen LogP contribution in [0.25, 0.3) is 0 Å². The molecular formula is C12H18N2O2. The van der Waals surface area contributed by atoms with Gasteiger partial charge in [-0.1, -0.05) is 6.07 Å². The molecule has 0 amide bonds. The minimum absolute atomic E-state index is 0.300. The van der Waals surface area contributed by atoms with Crippen molar-refractivity contribution in [1.29, 1.82) is 0 Å². The Morgan fingerprint density at radius 3 is 2.69 bits per heavy atom. The number of ether oxygens (including phenoxy) is 2. The molecule has 1 saturated heterocycles. The van der Waals surface area contributed by atoms with Gasteiger partial charge in [-0.2, -0.15) is 0 Å². The van der Waals surface area contributed by atoms with Crippen LogP contribution in [0.1, 0.15) is 11.6 Å². The first kappa shape index (κ1) is 11.5. The van der Waals surface area contributed by atoms with Crippen LogP contribution in [0.2, 0.25) is 0 Å². The van der Waals surface area contributed by atoms with Gasteiger partial charge in [0.05, 0.1) is 13.2 Å². The lowest BCUT2D eigenvalue weighted by molar-refractivity contribution is -0.139. The second-order valence-corrected chi connectivity index (χ2v) is 4.31. The molecule has 0 spiro atoms. The number of pyridine rings is 1. The molecule has 1 aliphatic heterocycles. The van der Waals surface area contributed by atoms with Gasteiger partial charge in [0.1, 0.15) is 6.79 Å². The van der Waals surface area contributed by atoms with Crippen molar-refractivity contribution in [2.45, 2.75) is 6.04 Å². The van der Waals surface area contributed by atoms with Crippen LogP contribution in [0.3, 0.4) is 0 Å². The average Bonchev–Trinajstić information content (AvgIpc) is 2.31. The molecule has 0 bridgehead atoms. The number of hydrogen-bond donors (Lipinski definition) is 0. The van der Waals surface area contributed by atoms with Gasteiger partial charge in [0.15, 0.2) is 0 Å². The lowest BCUT2D eigenvalue weighted by Gasteiger charge is -2.34. The van der Waals surface area contributed by atoms with Crippen LogP contribution in [0.15, 0.2) is 24.5 Å². The predicted molar refractivity (Wildman–Crippen MR) is 60.9 cm³/mol. The van der Waals surface area contributed by atoms with Crippen molar-refractivity contribution in [3.63, 3.8) is 0 Å². The summed E-state index contributed by atoms with van der Waals surface area (Å²) in [5.74, 6) is 0.368. The Labute approximate surface area is 96.2 Å². The van der Waals surface area contributed by atoms with E-state index in [0.717, 1.165) is 13.2 Å². The highest BCUT2D eigenvalue weighted by molar-refractivity contribution is 5.15. The highest BCUT2D eigenvalue weighted by Gasteiger charge is 2.27. The molecule has 0 aromatic carbocycles. The van der Waals surface area contributed by atoms with E-state index in [0.29, 0.717) is 18.8 Å². The lowest BCUT2D eigenvalue weighted by Crippen LogP contribution is -2.36. The van der Waals surface area contributed by atoms with Crippen molar-refractivity contribution in [2.24, 2.45) is 5.92 Å². The molecule has 4 nitrogen and oxygen atoms in total. The normalized spacial score (nSPS) is 19.9. The van der Waals surface area contributed by atoms with E-state index in [4.69, 9.17) is 9.47 Å². The quantitative estimate of drug-likeness (QED) is 0.772. The van der Waals surface area contributed by atoms with Gasteiger partial charge < -0.3 is 14.4 Å². The third kappa shape index (κ3) is 2.58. The molecule has 88 valence electrons. The Kier molecular flexibility index (Phi) is 3.88. The van der Waals surface area contributed by atoms with E-state index in [2.05, 4.69) is 30.0 Å². The molecule has 2 heterocycles. The zero-order chi connectivity index (χ0) is 11.4. The maximum Gasteiger partial charge on any atom is 0.146 e. The fourth-order valence-corrected chi connectivity index (χ4v) is 2.23. The topological polar surface area (TPSA) is 34.6 Å². The standard InChI is InChI=1S/C12H18N2O2/c1-14(2)12(10-4-3-5-13-6-10)11-7-15-9-16-8-11/h3-6,11-12H,7-9H2,1-2H3/t12-/m0/s1. The molecule has 1 aromatic rings. The Hall–Kier alpha value is -0.970. The Balaban J connectivity index is 2.16. The first-order valence-electron chi connectivity index (χ1n) is 5.51. The van der Waals surface area contributed by atoms with Crippen LogP contribution in [-0.4, -0.2) is 44.0 Å². The SMILES string of the molecule is CN(C)[C@@H](c1cccnc1)C1COCOC1. The van der Waals surface area contributed by atoms with E-state index in [1.54, 1.807) is 6.20 Å². The van der Waals surface area contributed by atoms with Crippen LogP contribution in [0, 0.1) is 5.92 Å². The van der Waals surface area contributed by atoms with Crippen LogP contribution in [0.4, 0.5) is 0 Å². The Morgan fingerprint density at radius 2 is 2.12 bits per heavy atom. The average molecular weight is 222 g/mol. The summed E-state index contributed by atoms with van der Waals surface area (Å²) >= 11 is 0. The summed E-state index contributed by atoms with van der Waals surface area (Å²) in [5, 5.41) is 0. The minimum Gasteiger partial charge on any atom is -0.355 e. The molecule has 0 saturated carbocycles. The second-order valence-electron chi connectivity index (χ2n) is 4.31. The van der Waals surface area contributed by atoms with Crippen molar-refractivity contribution >= 4 is 0 Å². The molecule has 4 heteroatoms. The zero-order valence-electron chi connectivity index (χ0n) is 9.80. The maximum atomic E-state index is 5.37. The highest BCUT2D eigenvalue weighted by atomic mass is 16.7. The van der Waals surface area contributed by atoms with Crippen LogP contribution in [0.5, 0.6) is 0 Å². The van der Waals surface area contributed by atoms with Crippen LogP contribution >= 0.6 is 0 Å². The maximum absolute atomic E-state index is 5.37. The number of aromatic nitrogens is 1. The van der Waals surface area contributed by atoms with E-state index < -0.39 is 0 Å². The molecule has 0 aliphatic carbocycles. The van der Waals surface area contributed by atoms with Crippen molar-refractivity contribution in [2.75, 3.05) is 34.1 Å². The van der Waals surface area contributed by atoms with Gasteiger partial charge in [-0.05, 0) is 25.7 Å². The molecule has 16 heavy (non-hydrogen) atoms. The third-order valence-electron chi connectivity index (χ3n) is 2.86. The highest BCUT2D eigenvalue weighted by Crippen LogP contribution is 2.28. The van der Waals surface area contributed by atoms with Gasteiger partial charge in [0, 0.05) is 24.4 Å². The van der Waals surface area contributed by atoms with Crippen molar-refractivity contribution < 1.29 is 9.47 Å². The first-order chi connectivity index (χ1) is 7.79. The lowest BCUT2D eigenvalue weighted by atomic mass is 9.94. The van der Waals surface area contributed by atoms with Crippen molar-refractivity contribution in [1.82, 2.24) is 9.88 Å². The molecule has 1 fully saturated rings. The molecule has 1 atom stereocenters. The molecule has 1 aliphatic rings. The van der Waals surface area contributed by atoms with Gasteiger partial charge in [0.2, 0.25) is 0 Å².